The summed E-state index contributed by atoms with van der Waals surface area (Å²) in [5, 5.41) is 31.1. The van der Waals surface area contributed by atoms with Gasteiger partial charge >= 0.3 is 6.16 Å². The first-order valence-corrected chi connectivity index (χ1v) is 7.62. The summed E-state index contributed by atoms with van der Waals surface area (Å²) in [6, 6.07) is 1.80. The van der Waals surface area contributed by atoms with Crippen molar-refractivity contribution >= 4 is 11.8 Å². The molecule has 2 saturated heterocycles. The van der Waals surface area contributed by atoms with E-state index in [9.17, 15) is 9.90 Å². The van der Waals surface area contributed by atoms with Crippen molar-refractivity contribution in [3.05, 3.63) is 22.6 Å². The third-order valence-electron chi connectivity index (χ3n) is 3.96. The summed E-state index contributed by atoms with van der Waals surface area (Å²) in [7, 11) is 0. The van der Waals surface area contributed by atoms with Gasteiger partial charge in [-0.15, -0.1) is 0 Å². The van der Waals surface area contributed by atoms with E-state index >= 15 is 0 Å². The lowest BCUT2D eigenvalue weighted by atomic mass is 10.1. The van der Waals surface area contributed by atoms with Crippen LogP contribution in [0.25, 0.3) is 0 Å². The summed E-state index contributed by atoms with van der Waals surface area (Å²) in [5.74, 6) is 0. The van der Waals surface area contributed by atoms with Gasteiger partial charge in [0.2, 0.25) is 0 Å². The lowest BCUT2D eigenvalue weighted by molar-refractivity contribution is 0.137. The van der Waals surface area contributed by atoms with Gasteiger partial charge in [-0.2, -0.15) is 5.10 Å². The minimum atomic E-state index is -1.83. The van der Waals surface area contributed by atoms with Crippen molar-refractivity contribution in [2.45, 2.75) is 31.4 Å². The molecule has 9 heteroatoms. The molecule has 3 rings (SSSR count). The number of carboxylic acid groups (broad SMARTS) is 2. The molecule has 2 unspecified atom stereocenters. The molecular weight excluding hydrogens is 304 g/mol. The third kappa shape index (κ3) is 4.93. The van der Waals surface area contributed by atoms with Crippen LogP contribution in [0, 0.1) is 0 Å². The molecule has 0 saturated carbocycles. The van der Waals surface area contributed by atoms with Crippen LogP contribution < -0.4 is 15.8 Å². The molecule has 3 heterocycles. The number of hydrogen-bond donors (Lipinski definition) is 4. The average molecular weight is 326 g/mol. The van der Waals surface area contributed by atoms with Gasteiger partial charge < -0.3 is 25.5 Å². The van der Waals surface area contributed by atoms with Gasteiger partial charge in [-0.25, -0.2) is 9.48 Å². The Morgan fingerprint density at radius 2 is 2.09 bits per heavy atom. The van der Waals surface area contributed by atoms with E-state index in [1.165, 1.54) is 0 Å². The minimum Gasteiger partial charge on any atom is -0.450 e. The summed E-state index contributed by atoms with van der Waals surface area (Å²) < 4.78 is 1.59. The van der Waals surface area contributed by atoms with Crippen molar-refractivity contribution in [2.75, 3.05) is 31.1 Å². The fourth-order valence-corrected chi connectivity index (χ4v) is 2.87. The number of carbonyl (C=O) groups is 1. The summed E-state index contributed by atoms with van der Waals surface area (Å²) in [5.41, 5.74) is 0.772. The van der Waals surface area contributed by atoms with Crippen LogP contribution in [0.4, 0.5) is 10.5 Å². The molecule has 1 aromatic rings. The number of aliphatic hydroxyl groups is 1. The van der Waals surface area contributed by atoms with Crippen LogP contribution in [0.2, 0.25) is 0 Å². The predicted octanol–water partition coefficient (Wildman–Crippen LogP) is -0.0388. The van der Waals surface area contributed by atoms with E-state index in [1.54, 1.807) is 16.9 Å². The highest BCUT2D eigenvalue weighted by Crippen LogP contribution is 2.19. The SMILES string of the molecule is O=C(O)O.O=c1cc(N2CCC(O)C2)cnn1C1CCCNC1. The zero-order valence-corrected chi connectivity index (χ0v) is 12.8. The fraction of sp³-hybridized carbons (Fsp3) is 0.643. The van der Waals surface area contributed by atoms with Crippen LogP contribution in [0.5, 0.6) is 0 Å². The summed E-state index contributed by atoms with van der Waals surface area (Å²) in [4.78, 5) is 22.7. The number of β-amino-alcohol motifs (C(OH)–C–C–N with tert-alkyl or cyclic N) is 1. The molecule has 0 radical (unpaired) electrons. The van der Waals surface area contributed by atoms with Crippen molar-refractivity contribution in [2.24, 2.45) is 0 Å². The maximum absolute atomic E-state index is 12.2. The highest BCUT2D eigenvalue weighted by Gasteiger charge is 2.22. The first-order chi connectivity index (χ1) is 11.0. The van der Waals surface area contributed by atoms with Crippen LogP contribution in [-0.4, -0.2) is 63.5 Å². The number of hydrogen-bond acceptors (Lipinski definition) is 6. The monoisotopic (exact) mass is 326 g/mol. The van der Waals surface area contributed by atoms with E-state index in [-0.39, 0.29) is 17.7 Å². The zero-order valence-electron chi connectivity index (χ0n) is 12.8. The number of nitrogens with one attached hydrogen (secondary N) is 1. The van der Waals surface area contributed by atoms with E-state index in [1.807, 2.05) is 4.90 Å². The van der Waals surface area contributed by atoms with Gasteiger partial charge in [-0.3, -0.25) is 4.79 Å². The zero-order chi connectivity index (χ0) is 16.8. The van der Waals surface area contributed by atoms with Crippen molar-refractivity contribution < 1.29 is 20.1 Å². The van der Waals surface area contributed by atoms with Crippen LogP contribution >= 0.6 is 0 Å². The molecule has 2 aliphatic rings. The molecule has 2 atom stereocenters. The van der Waals surface area contributed by atoms with Crippen molar-refractivity contribution in [1.82, 2.24) is 15.1 Å². The van der Waals surface area contributed by atoms with Crippen LogP contribution in [0.15, 0.2) is 17.1 Å². The Morgan fingerprint density at radius 1 is 1.35 bits per heavy atom. The fourth-order valence-electron chi connectivity index (χ4n) is 2.87. The topological polar surface area (TPSA) is 128 Å². The Morgan fingerprint density at radius 3 is 2.61 bits per heavy atom. The maximum atomic E-state index is 12.2. The molecule has 2 aliphatic heterocycles. The first-order valence-electron chi connectivity index (χ1n) is 7.62. The molecular formula is C14H22N4O5. The van der Waals surface area contributed by atoms with Crippen molar-refractivity contribution in [3.8, 4) is 0 Å². The maximum Gasteiger partial charge on any atom is 0.503 e. The van der Waals surface area contributed by atoms with E-state index < -0.39 is 6.16 Å². The van der Waals surface area contributed by atoms with Gasteiger partial charge in [0.25, 0.3) is 5.56 Å². The largest absolute Gasteiger partial charge is 0.503 e. The van der Waals surface area contributed by atoms with Gasteiger partial charge in [0.1, 0.15) is 0 Å². The molecule has 0 bridgehead atoms. The highest BCUT2D eigenvalue weighted by atomic mass is 16.6. The Balaban J connectivity index is 0.000000433. The number of piperidine rings is 1. The van der Waals surface area contributed by atoms with Gasteiger partial charge in [-0.1, -0.05) is 0 Å². The second-order valence-corrected chi connectivity index (χ2v) is 5.67. The normalized spacial score (nSPS) is 24.0. The van der Waals surface area contributed by atoms with E-state index in [4.69, 9.17) is 15.0 Å². The standard InChI is InChI=1S/C13H20N4O2.CH2O3/c18-12-3-5-16(9-12)11-6-13(19)17(15-8-11)10-2-1-4-14-7-10;2-1(3)4/h6,8,10,12,14,18H,1-5,7,9H2;(H2,2,3,4). The Hall–Kier alpha value is -2.13. The van der Waals surface area contributed by atoms with Crippen molar-refractivity contribution in [1.29, 1.82) is 0 Å². The highest BCUT2D eigenvalue weighted by molar-refractivity contribution is 5.53. The van der Waals surface area contributed by atoms with Crippen molar-refractivity contribution in [3.63, 3.8) is 0 Å². The van der Waals surface area contributed by atoms with E-state index in [0.29, 0.717) is 6.54 Å². The van der Waals surface area contributed by atoms with Crippen LogP contribution in [0.3, 0.4) is 0 Å². The number of aromatic nitrogens is 2. The third-order valence-corrected chi connectivity index (χ3v) is 3.96. The molecule has 2 fully saturated rings. The number of nitrogens with zero attached hydrogens (tertiary/aromatic N) is 3. The average Bonchev–Trinajstić information content (AvgIpc) is 2.94. The molecule has 23 heavy (non-hydrogen) atoms. The van der Waals surface area contributed by atoms with Crippen LogP contribution in [0.1, 0.15) is 25.3 Å². The summed E-state index contributed by atoms with van der Waals surface area (Å²) in [6.07, 6.45) is 2.47. The quantitative estimate of drug-likeness (QED) is 0.596. The minimum absolute atomic E-state index is 0.0485. The first kappa shape index (κ1) is 17.2. The Labute approximate surface area is 133 Å². The van der Waals surface area contributed by atoms with Crippen LogP contribution in [-0.2, 0) is 0 Å². The Kier molecular flexibility index (Phi) is 5.94. The summed E-state index contributed by atoms with van der Waals surface area (Å²) >= 11 is 0. The second kappa shape index (κ2) is 7.93. The molecule has 0 aliphatic carbocycles. The number of aliphatic hydroxyl groups excluding tert-OH is 1. The van der Waals surface area contributed by atoms with Gasteiger partial charge in [0.05, 0.1) is 24.0 Å². The molecule has 1 aromatic heterocycles. The number of anilines is 1. The lowest BCUT2D eigenvalue weighted by Gasteiger charge is -2.24. The predicted molar refractivity (Wildman–Crippen MR) is 83.1 cm³/mol. The van der Waals surface area contributed by atoms with Gasteiger partial charge in [0.15, 0.2) is 0 Å². The molecule has 9 nitrogen and oxygen atoms in total. The molecule has 0 aromatic carbocycles. The van der Waals surface area contributed by atoms with E-state index in [2.05, 4.69) is 10.4 Å². The Bertz CT molecular complexity index is 581. The second-order valence-electron chi connectivity index (χ2n) is 5.67. The molecule has 0 amide bonds. The molecule has 4 N–H and O–H groups in total. The van der Waals surface area contributed by atoms with Gasteiger partial charge in [0, 0.05) is 25.7 Å². The molecule has 128 valence electrons. The lowest BCUT2D eigenvalue weighted by Crippen LogP contribution is -2.38. The van der Waals surface area contributed by atoms with Gasteiger partial charge in [-0.05, 0) is 25.8 Å². The molecule has 0 spiro atoms. The van der Waals surface area contributed by atoms with E-state index in [0.717, 1.165) is 44.6 Å². The number of rotatable bonds is 2. The summed E-state index contributed by atoms with van der Waals surface area (Å²) in [6.45, 7) is 3.22. The smallest absolute Gasteiger partial charge is 0.450 e.